The average molecular weight is 418 g/mol. The lowest BCUT2D eigenvalue weighted by atomic mass is 9.88. The van der Waals surface area contributed by atoms with Crippen molar-refractivity contribution < 1.29 is 19.4 Å². The maximum atomic E-state index is 13.0. The molecule has 0 aliphatic carbocycles. The summed E-state index contributed by atoms with van der Waals surface area (Å²) in [6.07, 6.45) is 2.36. The number of amides is 1. The summed E-state index contributed by atoms with van der Waals surface area (Å²) >= 11 is 0. The summed E-state index contributed by atoms with van der Waals surface area (Å²) < 4.78 is 5.88. The molecule has 1 N–H and O–H groups in total. The number of piperidine rings is 1. The Labute approximate surface area is 182 Å². The van der Waals surface area contributed by atoms with Crippen molar-refractivity contribution in [2.45, 2.75) is 31.6 Å². The van der Waals surface area contributed by atoms with Crippen LogP contribution in [0.2, 0.25) is 0 Å². The van der Waals surface area contributed by atoms with E-state index >= 15 is 0 Å². The van der Waals surface area contributed by atoms with Gasteiger partial charge >= 0.3 is 5.97 Å². The number of benzene rings is 3. The summed E-state index contributed by atoms with van der Waals surface area (Å²) in [7, 11) is 0. The molecule has 31 heavy (non-hydrogen) atoms. The van der Waals surface area contributed by atoms with E-state index in [4.69, 9.17) is 9.84 Å². The molecule has 0 unspecified atom stereocenters. The highest BCUT2D eigenvalue weighted by Gasteiger charge is 2.26. The van der Waals surface area contributed by atoms with Crippen molar-refractivity contribution >= 4 is 22.6 Å². The van der Waals surface area contributed by atoms with E-state index in [-0.39, 0.29) is 12.3 Å². The van der Waals surface area contributed by atoms with Gasteiger partial charge in [-0.1, -0.05) is 48.5 Å². The average Bonchev–Trinajstić information content (AvgIpc) is 2.81. The van der Waals surface area contributed by atoms with Gasteiger partial charge in [-0.2, -0.15) is 0 Å². The van der Waals surface area contributed by atoms with Gasteiger partial charge in [-0.25, -0.2) is 0 Å². The highest BCUT2D eigenvalue weighted by molar-refractivity contribution is 5.98. The second kappa shape index (κ2) is 9.65. The number of nitrogens with zero attached hydrogens (tertiary/aromatic N) is 1. The quantitative estimate of drug-likeness (QED) is 0.543. The van der Waals surface area contributed by atoms with Crippen LogP contribution in [0, 0.1) is 0 Å². The molecule has 3 aromatic rings. The molecule has 1 aliphatic rings. The third-order valence-electron chi connectivity index (χ3n) is 5.93. The number of likely N-dealkylation sites (tertiary alicyclic amines) is 1. The van der Waals surface area contributed by atoms with Gasteiger partial charge in [0.25, 0.3) is 5.91 Å². The highest BCUT2D eigenvalue weighted by atomic mass is 16.5. The summed E-state index contributed by atoms with van der Waals surface area (Å²) in [6.45, 7) is 1.82. The first-order valence-corrected chi connectivity index (χ1v) is 10.8. The Bertz CT molecular complexity index is 1070. The van der Waals surface area contributed by atoms with E-state index in [0.717, 1.165) is 40.5 Å². The molecule has 0 radical (unpaired) electrons. The molecule has 5 nitrogen and oxygen atoms in total. The van der Waals surface area contributed by atoms with Gasteiger partial charge in [0, 0.05) is 25.1 Å². The number of carbonyl (C=O) groups is 2. The molecule has 1 fully saturated rings. The molecule has 1 saturated heterocycles. The summed E-state index contributed by atoms with van der Waals surface area (Å²) in [5.74, 6) is 0.436. The monoisotopic (exact) mass is 417 g/mol. The van der Waals surface area contributed by atoms with Crippen LogP contribution in [0.15, 0.2) is 66.7 Å². The predicted octanol–water partition coefficient (Wildman–Crippen LogP) is 5.10. The Balaban J connectivity index is 1.38. The van der Waals surface area contributed by atoms with Crippen LogP contribution in [0.25, 0.3) is 10.8 Å². The Hall–Kier alpha value is -3.34. The van der Waals surface area contributed by atoms with Gasteiger partial charge in [0.2, 0.25) is 0 Å². The van der Waals surface area contributed by atoms with Crippen molar-refractivity contribution in [2.75, 3.05) is 19.7 Å². The molecule has 5 heteroatoms. The first kappa shape index (κ1) is 20.9. The molecule has 1 heterocycles. The Kier molecular flexibility index (Phi) is 6.51. The maximum absolute atomic E-state index is 13.0. The van der Waals surface area contributed by atoms with E-state index in [9.17, 15) is 9.59 Å². The lowest BCUT2D eigenvalue weighted by molar-refractivity contribution is -0.137. The lowest BCUT2D eigenvalue weighted by Gasteiger charge is -2.33. The Morgan fingerprint density at radius 2 is 1.65 bits per heavy atom. The van der Waals surface area contributed by atoms with Gasteiger partial charge in [-0.05, 0) is 59.7 Å². The van der Waals surface area contributed by atoms with Crippen molar-refractivity contribution in [1.29, 1.82) is 0 Å². The van der Waals surface area contributed by atoms with Gasteiger partial charge in [-0.3, -0.25) is 9.59 Å². The SMILES string of the molecule is O=C(O)CCCOc1ccccc1C1CCN(C(=O)c2ccc3ccccc3c2)CC1. The third kappa shape index (κ3) is 5.05. The standard InChI is InChI=1S/C26H27NO4/c28-25(29)10-5-17-31-24-9-4-3-8-23(24)20-13-15-27(16-14-20)26(30)22-12-11-19-6-1-2-7-21(19)18-22/h1-4,6-9,11-12,18,20H,5,10,13-17H2,(H,28,29). The van der Waals surface area contributed by atoms with Crippen LogP contribution < -0.4 is 4.74 Å². The first-order valence-electron chi connectivity index (χ1n) is 10.8. The fourth-order valence-corrected chi connectivity index (χ4v) is 4.25. The summed E-state index contributed by atoms with van der Waals surface area (Å²) in [6, 6.07) is 21.9. The number of para-hydroxylation sites is 1. The Morgan fingerprint density at radius 3 is 2.42 bits per heavy atom. The fraction of sp³-hybridized carbons (Fsp3) is 0.308. The summed E-state index contributed by atoms with van der Waals surface area (Å²) in [4.78, 5) is 25.7. The predicted molar refractivity (Wildman–Crippen MR) is 121 cm³/mol. The molecule has 4 rings (SSSR count). The van der Waals surface area contributed by atoms with Gasteiger partial charge in [0.05, 0.1) is 6.61 Å². The number of carbonyl (C=O) groups excluding carboxylic acids is 1. The van der Waals surface area contributed by atoms with Gasteiger partial charge in [0.15, 0.2) is 0 Å². The van der Waals surface area contributed by atoms with E-state index in [1.54, 1.807) is 0 Å². The molecule has 3 aromatic carbocycles. The molecule has 0 atom stereocenters. The molecule has 0 bridgehead atoms. The number of carboxylic acid groups (broad SMARTS) is 1. The van der Waals surface area contributed by atoms with Gasteiger partial charge in [-0.15, -0.1) is 0 Å². The van der Waals surface area contributed by atoms with Crippen LogP contribution in [-0.2, 0) is 4.79 Å². The Morgan fingerprint density at radius 1 is 0.935 bits per heavy atom. The highest BCUT2D eigenvalue weighted by Crippen LogP contribution is 2.34. The molecule has 160 valence electrons. The van der Waals surface area contributed by atoms with Crippen LogP contribution in [0.5, 0.6) is 5.75 Å². The largest absolute Gasteiger partial charge is 0.493 e. The van der Waals surface area contributed by atoms with Crippen LogP contribution >= 0.6 is 0 Å². The molecule has 0 saturated carbocycles. The van der Waals surface area contributed by atoms with E-state index in [0.29, 0.717) is 32.0 Å². The molecular formula is C26H27NO4. The normalized spacial score (nSPS) is 14.5. The number of hydrogen-bond donors (Lipinski definition) is 1. The summed E-state index contributed by atoms with van der Waals surface area (Å²) in [5, 5.41) is 11.0. The number of fused-ring (bicyclic) bond motifs is 1. The van der Waals surface area contributed by atoms with Crippen LogP contribution in [0.1, 0.15) is 47.5 Å². The minimum Gasteiger partial charge on any atom is -0.493 e. The number of carboxylic acids is 1. The van der Waals surface area contributed by atoms with Crippen LogP contribution in [-0.4, -0.2) is 41.6 Å². The fourth-order valence-electron chi connectivity index (χ4n) is 4.25. The third-order valence-corrected chi connectivity index (χ3v) is 5.93. The van der Waals surface area contributed by atoms with E-state index in [1.807, 2.05) is 59.5 Å². The van der Waals surface area contributed by atoms with Crippen molar-refractivity contribution in [2.24, 2.45) is 0 Å². The van der Waals surface area contributed by atoms with Crippen molar-refractivity contribution in [3.63, 3.8) is 0 Å². The molecule has 1 aliphatic heterocycles. The van der Waals surface area contributed by atoms with Crippen LogP contribution in [0.3, 0.4) is 0 Å². The van der Waals surface area contributed by atoms with Crippen molar-refractivity contribution in [3.05, 3.63) is 77.9 Å². The minimum absolute atomic E-state index is 0.0856. The molecule has 0 spiro atoms. The first-order chi connectivity index (χ1) is 15.1. The van der Waals surface area contributed by atoms with E-state index < -0.39 is 5.97 Å². The van der Waals surface area contributed by atoms with Crippen LogP contribution in [0.4, 0.5) is 0 Å². The molecular weight excluding hydrogens is 390 g/mol. The zero-order valence-corrected chi connectivity index (χ0v) is 17.5. The van der Waals surface area contributed by atoms with E-state index in [2.05, 4.69) is 12.1 Å². The van der Waals surface area contributed by atoms with Gasteiger partial charge < -0.3 is 14.7 Å². The minimum atomic E-state index is -0.805. The van der Waals surface area contributed by atoms with Crippen molar-refractivity contribution in [3.8, 4) is 5.75 Å². The molecule has 0 aromatic heterocycles. The zero-order chi connectivity index (χ0) is 21.6. The lowest BCUT2D eigenvalue weighted by Crippen LogP contribution is -2.38. The van der Waals surface area contributed by atoms with Crippen molar-refractivity contribution in [1.82, 2.24) is 4.90 Å². The second-order valence-corrected chi connectivity index (χ2v) is 8.01. The van der Waals surface area contributed by atoms with E-state index in [1.165, 1.54) is 0 Å². The smallest absolute Gasteiger partial charge is 0.303 e. The number of hydrogen-bond acceptors (Lipinski definition) is 3. The second-order valence-electron chi connectivity index (χ2n) is 8.01. The maximum Gasteiger partial charge on any atom is 0.303 e. The number of ether oxygens (including phenoxy) is 1. The number of aliphatic carboxylic acids is 1. The molecule has 1 amide bonds. The number of rotatable bonds is 7. The summed E-state index contributed by atoms with van der Waals surface area (Å²) in [5.41, 5.74) is 1.88. The van der Waals surface area contributed by atoms with Gasteiger partial charge in [0.1, 0.15) is 5.75 Å². The topological polar surface area (TPSA) is 66.8 Å². The zero-order valence-electron chi connectivity index (χ0n) is 17.5.